The van der Waals surface area contributed by atoms with Crippen LogP contribution in [0, 0.1) is 0 Å². The van der Waals surface area contributed by atoms with Gasteiger partial charge in [0, 0.05) is 5.69 Å². The first-order valence-corrected chi connectivity index (χ1v) is 6.05. The number of H-pyrrole nitrogens is 1. The zero-order valence-electron chi connectivity index (χ0n) is 10.3. The van der Waals surface area contributed by atoms with Crippen molar-refractivity contribution in [3.05, 3.63) is 42.0 Å². The number of carbonyl (C=O) groups excluding carboxylic acids is 1. The third-order valence-electron chi connectivity index (χ3n) is 2.66. The first kappa shape index (κ1) is 12.3. The number of benzene rings is 1. The molecule has 0 saturated carbocycles. The second-order valence-electron chi connectivity index (χ2n) is 4.09. The van der Waals surface area contributed by atoms with Crippen LogP contribution in [0.1, 0.15) is 35.9 Å². The van der Waals surface area contributed by atoms with Gasteiger partial charge >= 0.3 is 0 Å². The van der Waals surface area contributed by atoms with Crippen LogP contribution < -0.4 is 5.32 Å². The van der Waals surface area contributed by atoms with Crippen molar-refractivity contribution >= 4 is 11.6 Å². The monoisotopic (exact) mass is 244 g/mol. The fraction of sp³-hybridized carbons (Fsp3) is 0.308. The second-order valence-corrected chi connectivity index (χ2v) is 4.09. The molecule has 0 unspecified atom stereocenters. The lowest BCUT2D eigenvalue weighted by atomic mass is 10.1. The Labute approximate surface area is 106 Å². The van der Waals surface area contributed by atoms with Gasteiger partial charge in [-0.1, -0.05) is 25.5 Å². The van der Waals surface area contributed by atoms with Gasteiger partial charge in [-0.25, -0.2) is 4.98 Å². The molecule has 1 aromatic heterocycles. The standard InChI is InChI=1S/C13H16N4O/c1-2-3-4-10-5-7-11(8-6-10)16-13(18)12-14-9-15-17-12/h5-9H,2-4H2,1H3,(H,16,18)(H,14,15,17). The van der Waals surface area contributed by atoms with E-state index in [1.165, 1.54) is 24.7 Å². The molecule has 2 rings (SSSR count). The molecule has 0 aliphatic rings. The van der Waals surface area contributed by atoms with Crippen molar-refractivity contribution in [3.63, 3.8) is 0 Å². The van der Waals surface area contributed by atoms with E-state index in [4.69, 9.17) is 0 Å². The molecule has 5 heteroatoms. The van der Waals surface area contributed by atoms with Crippen LogP contribution in [-0.4, -0.2) is 21.1 Å². The summed E-state index contributed by atoms with van der Waals surface area (Å²) in [5, 5.41) is 8.91. The summed E-state index contributed by atoms with van der Waals surface area (Å²) in [6, 6.07) is 7.87. The number of carbonyl (C=O) groups is 1. The smallest absolute Gasteiger partial charge is 0.292 e. The number of aryl methyl sites for hydroxylation is 1. The van der Waals surface area contributed by atoms with Crippen LogP contribution in [-0.2, 0) is 6.42 Å². The molecule has 1 aromatic carbocycles. The lowest BCUT2D eigenvalue weighted by Gasteiger charge is -2.04. The van der Waals surface area contributed by atoms with Crippen LogP contribution >= 0.6 is 0 Å². The summed E-state index contributed by atoms with van der Waals surface area (Å²) in [6.07, 6.45) is 4.75. The molecular weight excluding hydrogens is 228 g/mol. The molecule has 0 bridgehead atoms. The van der Waals surface area contributed by atoms with E-state index < -0.39 is 0 Å². The topological polar surface area (TPSA) is 70.7 Å². The number of rotatable bonds is 5. The Hall–Kier alpha value is -2.17. The van der Waals surface area contributed by atoms with Gasteiger partial charge in [0.2, 0.25) is 5.82 Å². The van der Waals surface area contributed by atoms with Gasteiger partial charge < -0.3 is 5.32 Å². The van der Waals surface area contributed by atoms with E-state index >= 15 is 0 Å². The highest BCUT2D eigenvalue weighted by Gasteiger charge is 2.08. The number of nitrogens with zero attached hydrogens (tertiary/aromatic N) is 2. The van der Waals surface area contributed by atoms with Crippen molar-refractivity contribution in [2.45, 2.75) is 26.2 Å². The Morgan fingerprint density at radius 1 is 1.33 bits per heavy atom. The fourth-order valence-corrected chi connectivity index (χ4v) is 1.64. The van der Waals surface area contributed by atoms with Crippen LogP contribution in [0.25, 0.3) is 0 Å². The molecule has 0 aliphatic carbocycles. The Kier molecular flexibility index (Phi) is 4.06. The minimum Gasteiger partial charge on any atom is -0.319 e. The molecule has 1 amide bonds. The van der Waals surface area contributed by atoms with Gasteiger partial charge in [-0.2, -0.15) is 5.10 Å². The van der Waals surface area contributed by atoms with Crippen molar-refractivity contribution < 1.29 is 4.79 Å². The highest BCUT2D eigenvalue weighted by Crippen LogP contribution is 2.12. The molecule has 5 nitrogen and oxygen atoms in total. The van der Waals surface area contributed by atoms with Gasteiger partial charge in [-0.15, -0.1) is 0 Å². The Morgan fingerprint density at radius 3 is 2.72 bits per heavy atom. The van der Waals surface area contributed by atoms with Crippen LogP contribution in [0.4, 0.5) is 5.69 Å². The number of unbranched alkanes of at least 4 members (excludes halogenated alkanes) is 1. The third-order valence-corrected chi connectivity index (χ3v) is 2.66. The number of hydrogen-bond donors (Lipinski definition) is 2. The summed E-state index contributed by atoms with van der Waals surface area (Å²) in [5.41, 5.74) is 2.05. The highest BCUT2D eigenvalue weighted by molar-refractivity contribution is 6.01. The molecule has 0 saturated heterocycles. The molecule has 1 heterocycles. The van der Waals surface area contributed by atoms with E-state index in [2.05, 4.69) is 27.4 Å². The van der Waals surface area contributed by atoms with Gasteiger partial charge in [0.25, 0.3) is 5.91 Å². The van der Waals surface area contributed by atoms with Crippen LogP contribution in [0.3, 0.4) is 0 Å². The molecule has 0 atom stereocenters. The summed E-state index contributed by atoms with van der Waals surface area (Å²) in [7, 11) is 0. The largest absolute Gasteiger partial charge is 0.319 e. The number of aromatic amines is 1. The van der Waals surface area contributed by atoms with E-state index in [9.17, 15) is 4.79 Å². The van der Waals surface area contributed by atoms with Crippen LogP contribution in [0.2, 0.25) is 0 Å². The van der Waals surface area contributed by atoms with Crippen molar-refractivity contribution in [2.24, 2.45) is 0 Å². The number of anilines is 1. The maximum Gasteiger partial charge on any atom is 0.292 e. The van der Waals surface area contributed by atoms with E-state index in [0.717, 1.165) is 12.1 Å². The molecule has 2 N–H and O–H groups in total. The summed E-state index contributed by atoms with van der Waals surface area (Å²) < 4.78 is 0. The van der Waals surface area contributed by atoms with Crippen LogP contribution in [0.5, 0.6) is 0 Å². The van der Waals surface area contributed by atoms with E-state index in [-0.39, 0.29) is 11.7 Å². The van der Waals surface area contributed by atoms with Gasteiger partial charge in [0.1, 0.15) is 6.33 Å². The third kappa shape index (κ3) is 3.16. The molecule has 2 aromatic rings. The van der Waals surface area contributed by atoms with Gasteiger partial charge in [0.15, 0.2) is 0 Å². The van der Waals surface area contributed by atoms with Gasteiger partial charge in [-0.05, 0) is 30.5 Å². The Balaban J connectivity index is 1.96. The molecule has 0 spiro atoms. The van der Waals surface area contributed by atoms with Gasteiger partial charge in [-0.3, -0.25) is 9.89 Å². The van der Waals surface area contributed by atoms with Crippen LogP contribution in [0.15, 0.2) is 30.6 Å². The number of amides is 1. The van der Waals surface area contributed by atoms with E-state index in [1.807, 2.05) is 24.3 Å². The average molecular weight is 244 g/mol. The lowest BCUT2D eigenvalue weighted by molar-refractivity contribution is 0.101. The van der Waals surface area contributed by atoms with E-state index in [1.54, 1.807) is 0 Å². The van der Waals surface area contributed by atoms with Gasteiger partial charge in [0.05, 0.1) is 0 Å². The molecule has 0 radical (unpaired) electrons. The second kappa shape index (κ2) is 5.95. The summed E-state index contributed by atoms with van der Waals surface area (Å²) >= 11 is 0. The zero-order valence-corrected chi connectivity index (χ0v) is 10.3. The minimum atomic E-state index is -0.284. The summed E-state index contributed by atoms with van der Waals surface area (Å²) in [4.78, 5) is 15.5. The number of nitrogens with one attached hydrogen (secondary N) is 2. The zero-order chi connectivity index (χ0) is 12.8. The predicted octanol–water partition coefficient (Wildman–Crippen LogP) is 2.40. The lowest BCUT2D eigenvalue weighted by Crippen LogP contribution is -2.13. The Morgan fingerprint density at radius 2 is 2.11 bits per heavy atom. The summed E-state index contributed by atoms with van der Waals surface area (Å²) in [6.45, 7) is 2.17. The molecule has 18 heavy (non-hydrogen) atoms. The quantitative estimate of drug-likeness (QED) is 0.848. The summed E-state index contributed by atoms with van der Waals surface area (Å²) in [5.74, 6) is -0.0705. The molecule has 0 fully saturated rings. The van der Waals surface area contributed by atoms with E-state index in [0.29, 0.717) is 0 Å². The highest BCUT2D eigenvalue weighted by atomic mass is 16.2. The van der Waals surface area contributed by atoms with Crippen molar-refractivity contribution in [2.75, 3.05) is 5.32 Å². The first-order valence-electron chi connectivity index (χ1n) is 6.05. The maximum atomic E-state index is 11.7. The SMILES string of the molecule is CCCCc1ccc(NC(=O)c2ncn[nH]2)cc1. The molecule has 94 valence electrons. The predicted molar refractivity (Wildman–Crippen MR) is 69.4 cm³/mol. The Bertz CT molecular complexity index is 490. The fourth-order valence-electron chi connectivity index (χ4n) is 1.64. The molecule has 0 aliphatic heterocycles. The average Bonchev–Trinajstić information content (AvgIpc) is 2.92. The first-order chi connectivity index (χ1) is 8.79. The molecular formula is C13H16N4O. The normalized spacial score (nSPS) is 10.3. The minimum absolute atomic E-state index is 0.213. The maximum absolute atomic E-state index is 11.7. The number of hydrogen-bond acceptors (Lipinski definition) is 3. The van der Waals surface area contributed by atoms with Crippen molar-refractivity contribution in [3.8, 4) is 0 Å². The van der Waals surface area contributed by atoms with Crippen molar-refractivity contribution in [1.29, 1.82) is 0 Å². The number of aromatic nitrogens is 3. The van der Waals surface area contributed by atoms with Crippen molar-refractivity contribution in [1.82, 2.24) is 15.2 Å².